The number of carbonyl (C=O) groups is 1. The SMILES string of the molecule is CC1(C)N([O])C(C)(C)[C@@]2(C)O[C@]12C(=O)O. The summed E-state index contributed by atoms with van der Waals surface area (Å²) in [7, 11) is 0. The monoisotopic (exact) mass is 214 g/mol. The van der Waals surface area contributed by atoms with Gasteiger partial charge in [0, 0.05) is 0 Å². The fraction of sp³-hybridized carbons (Fsp3) is 0.900. The zero-order valence-electron chi connectivity index (χ0n) is 9.62. The van der Waals surface area contributed by atoms with Crippen molar-refractivity contribution in [3.63, 3.8) is 0 Å². The van der Waals surface area contributed by atoms with Crippen LogP contribution in [0, 0.1) is 0 Å². The maximum absolute atomic E-state index is 12.1. The van der Waals surface area contributed by atoms with Crippen LogP contribution in [-0.4, -0.2) is 38.4 Å². The number of morpholine rings is 1. The molecule has 2 aliphatic rings. The van der Waals surface area contributed by atoms with E-state index in [1.165, 1.54) is 0 Å². The highest BCUT2D eigenvalue weighted by Crippen LogP contribution is 2.68. The number of ether oxygens (including phenoxy) is 1. The lowest BCUT2D eigenvalue weighted by Crippen LogP contribution is -2.55. The standard InChI is InChI=1S/C10H16NO4/c1-7(2)9(5)10(15-9,6(12)13)8(3,4)11(7)14/h1-5H3,(H,12,13)/t9-,10-/m1/s1. The van der Waals surface area contributed by atoms with E-state index >= 15 is 0 Å². The zero-order valence-corrected chi connectivity index (χ0v) is 9.62. The lowest BCUT2D eigenvalue weighted by atomic mass is 9.78. The number of hydrogen-bond donors (Lipinski definition) is 1. The highest BCUT2D eigenvalue weighted by Gasteiger charge is 2.91. The average molecular weight is 214 g/mol. The third kappa shape index (κ3) is 0.736. The third-order valence-corrected chi connectivity index (χ3v) is 4.33. The van der Waals surface area contributed by atoms with Crippen LogP contribution in [0.5, 0.6) is 0 Å². The normalized spacial score (nSPS) is 46.3. The van der Waals surface area contributed by atoms with E-state index < -0.39 is 28.2 Å². The van der Waals surface area contributed by atoms with Crippen LogP contribution < -0.4 is 0 Å². The molecule has 5 heteroatoms. The molecule has 0 saturated carbocycles. The zero-order chi connectivity index (χ0) is 11.9. The van der Waals surface area contributed by atoms with Gasteiger partial charge in [0.05, 0.1) is 11.1 Å². The van der Waals surface area contributed by atoms with Gasteiger partial charge < -0.3 is 9.84 Å². The van der Waals surface area contributed by atoms with E-state index in [4.69, 9.17) is 4.74 Å². The molecule has 0 aromatic carbocycles. The van der Waals surface area contributed by atoms with Gasteiger partial charge in [-0.05, 0) is 34.6 Å². The van der Waals surface area contributed by atoms with Crippen molar-refractivity contribution in [1.82, 2.24) is 5.06 Å². The van der Waals surface area contributed by atoms with Crippen molar-refractivity contribution >= 4 is 5.97 Å². The van der Waals surface area contributed by atoms with E-state index in [1.807, 2.05) is 0 Å². The second kappa shape index (κ2) is 2.21. The van der Waals surface area contributed by atoms with E-state index in [2.05, 4.69) is 0 Å². The summed E-state index contributed by atoms with van der Waals surface area (Å²) in [6.07, 6.45) is 0. The van der Waals surface area contributed by atoms with Gasteiger partial charge in [-0.15, -0.1) is 10.3 Å². The predicted molar refractivity (Wildman–Crippen MR) is 50.5 cm³/mol. The Morgan fingerprint density at radius 1 is 1.13 bits per heavy atom. The molecule has 0 aliphatic carbocycles. The van der Waals surface area contributed by atoms with Crippen molar-refractivity contribution in [3.8, 4) is 0 Å². The van der Waals surface area contributed by atoms with Crippen molar-refractivity contribution in [2.45, 2.75) is 56.9 Å². The molecule has 0 bridgehead atoms. The fourth-order valence-corrected chi connectivity index (χ4v) is 3.09. The Morgan fingerprint density at radius 3 is 1.80 bits per heavy atom. The number of aliphatic carboxylic acids is 1. The summed E-state index contributed by atoms with van der Waals surface area (Å²) in [4.78, 5) is 11.3. The molecule has 0 aromatic rings. The van der Waals surface area contributed by atoms with Gasteiger partial charge in [-0.2, -0.15) is 0 Å². The van der Waals surface area contributed by atoms with Crippen molar-refractivity contribution in [3.05, 3.63) is 0 Å². The first-order valence-corrected chi connectivity index (χ1v) is 4.97. The molecule has 2 rings (SSSR count). The van der Waals surface area contributed by atoms with Gasteiger partial charge in [0.2, 0.25) is 5.60 Å². The molecule has 0 amide bonds. The summed E-state index contributed by atoms with van der Waals surface area (Å²) in [5.74, 6) is -1.05. The summed E-state index contributed by atoms with van der Waals surface area (Å²) >= 11 is 0. The number of nitrogens with zero attached hydrogens (tertiary/aromatic N) is 1. The van der Waals surface area contributed by atoms with Crippen molar-refractivity contribution in [1.29, 1.82) is 0 Å². The van der Waals surface area contributed by atoms with E-state index in [0.29, 0.717) is 0 Å². The maximum atomic E-state index is 12.1. The molecule has 0 aromatic heterocycles. The van der Waals surface area contributed by atoms with Gasteiger partial charge >= 0.3 is 5.97 Å². The first-order valence-electron chi connectivity index (χ1n) is 4.97. The summed E-state index contributed by atoms with van der Waals surface area (Å²) in [5, 5.41) is 22.2. The summed E-state index contributed by atoms with van der Waals surface area (Å²) in [5.41, 5.74) is -4.14. The second-order valence-electron chi connectivity index (χ2n) is 5.53. The van der Waals surface area contributed by atoms with Crippen LogP contribution >= 0.6 is 0 Å². The van der Waals surface area contributed by atoms with Gasteiger partial charge in [0.1, 0.15) is 5.60 Å². The first kappa shape index (κ1) is 10.9. The number of fused-ring (bicyclic) bond motifs is 1. The highest BCUT2D eigenvalue weighted by molar-refractivity contribution is 5.87. The van der Waals surface area contributed by atoms with Gasteiger partial charge in [-0.1, -0.05) is 0 Å². The van der Waals surface area contributed by atoms with E-state index in [-0.39, 0.29) is 0 Å². The Kier molecular flexibility index (Phi) is 1.60. The van der Waals surface area contributed by atoms with Crippen LogP contribution in [0.2, 0.25) is 0 Å². The quantitative estimate of drug-likeness (QED) is 0.656. The smallest absolute Gasteiger partial charge is 0.341 e. The van der Waals surface area contributed by atoms with Crippen LogP contribution in [-0.2, 0) is 14.7 Å². The summed E-state index contributed by atoms with van der Waals surface area (Å²) in [6.45, 7) is 8.38. The van der Waals surface area contributed by atoms with Gasteiger partial charge in [0.25, 0.3) is 0 Å². The minimum Gasteiger partial charge on any atom is -0.479 e. The summed E-state index contributed by atoms with van der Waals surface area (Å²) < 4.78 is 5.45. The Labute approximate surface area is 88.6 Å². The number of rotatable bonds is 1. The molecule has 5 nitrogen and oxygen atoms in total. The van der Waals surface area contributed by atoms with Crippen LogP contribution in [0.1, 0.15) is 34.6 Å². The first-order chi connectivity index (χ1) is 6.56. The topological polar surface area (TPSA) is 73.0 Å². The molecule has 2 atom stereocenters. The highest BCUT2D eigenvalue weighted by atomic mass is 16.7. The lowest BCUT2D eigenvalue weighted by molar-refractivity contribution is -0.281. The van der Waals surface area contributed by atoms with Crippen molar-refractivity contribution < 1.29 is 19.8 Å². The molecule has 15 heavy (non-hydrogen) atoms. The molecule has 2 saturated heterocycles. The minimum absolute atomic E-state index is 0.825. The molecule has 2 aliphatic heterocycles. The van der Waals surface area contributed by atoms with Crippen LogP contribution in [0.3, 0.4) is 0 Å². The van der Waals surface area contributed by atoms with E-state index in [9.17, 15) is 15.1 Å². The number of epoxide rings is 1. The fourth-order valence-electron chi connectivity index (χ4n) is 3.09. The van der Waals surface area contributed by atoms with Crippen molar-refractivity contribution in [2.24, 2.45) is 0 Å². The molecule has 0 spiro atoms. The molecular formula is C10H16NO4. The van der Waals surface area contributed by atoms with Gasteiger partial charge in [0.15, 0.2) is 0 Å². The number of carboxylic acids is 1. The number of hydrogen-bond acceptors (Lipinski definition) is 3. The Balaban J connectivity index is 2.61. The molecule has 85 valence electrons. The minimum atomic E-state index is -1.37. The van der Waals surface area contributed by atoms with Crippen LogP contribution in [0.15, 0.2) is 0 Å². The molecule has 0 unspecified atom stereocenters. The Bertz CT molecular complexity index is 345. The van der Waals surface area contributed by atoms with E-state index in [1.54, 1.807) is 34.6 Å². The number of carboxylic acid groups (broad SMARTS) is 1. The molecule has 1 radical (unpaired) electrons. The molecule has 2 fully saturated rings. The Hall–Kier alpha value is -0.650. The maximum Gasteiger partial charge on any atom is 0.341 e. The Morgan fingerprint density at radius 2 is 1.60 bits per heavy atom. The lowest BCUT2D eigenvalue weighted by Gasteiger charge is -2.37. The predicted octanol–water partition coefficient (Wildman–Crippen LogP) is 0.817. The van der Waals surface area contributed by atoms with Crippen molar-refractivity contribution in [2.75, 3.05) is 0 Å². The van der Waals surface area contributed by atoms with E-state index in [0.717, 1.165) is 5.06 Å². The summed E-state index contributed by atoms with van der Waals surface area (Å²) in [6, 6.07) is 0. The average Bonchev–Trinajstić information content (AvgIpc) is 2.71. The second-order valence-corrected chi connectivity index (χ2v) is 5.53. The van der Waals surface area contributed by atoms with Gasteiger partial charge in [-0.25, -0.2) is 4.79 Å². The molecule has 1 N–H and O–H groups in total. The third-order valence-electron chi connectivity index (χ3n) is 4.33. The molecular weight excluding hydrogens is 198 g/mol. The number of hydroxylamine groups is 2. The van der Waals surface area contributed by atoms with Gasteiger partial charge in [-0.3, -0.25) is 0 Å². The largest absolute Gasteiger partial charge is 0.479 e. The molecule has 2 heterocycles. The van der Waals surface area contributed by atoms with Crippen LogP contribution in [0.4, 0.5) is 0 Å². The van der Waals surface area contributed by atoms with Crippen LogP contribution in [0.25, 0.3) is 0 Å².